The molecule has 0 unspecified atom stereocenters. The SMILES string of the molecule is CCNC(=NCc1ncnn1C)NCC(C)(C)c1c(Cl)cccc1Cl.I. The average Bonchev–Trinajstić information content (AvgIpc) is 2.95. The average molecular weight is 511 g/mol. The Balaban J connectivity index is 0.00000338. The molecule has 0 aliphatic rings. The highest BCUT2D eigenvalue weighted by Gasteiger charge is 2.26. The zero-order valence-corrected chi connectivity index (χ0v) is 19.2. The van der Waals surface area contributed by atoms with Crippen LogP contribution in [0.15, 0.2) is 29.5 Å². The van der Waals surface area contributed by atoms with Gasteiger partial charge in [0.25, 0.3) is 0 Å². The normalized spacial score (nSPS) is 11.8. The minimum atomic E-state index is -0.267. The Labute approximate surface area is 181 Å². The molecule has 2 rings (SSSR count). The van der Waals surface area contributed by atoms with E-state index in [1.807, 2.05) is 32.2 Å². The van der Waals surface area contributed by atoms with Crippen LogP contribution in [0, 0.1) is 0 Å². The molecule has 0 bridgehead atoms. The molecule has 6 nitrogen and oxygen atoms in total. The maximum Gasteiger partial charge on any atom is 0.191 e. The Hall–Kier alpha value is -1.06. The minimum Gasteiger partial charge on any atom is -0.357 e. The minimum absolute atomic E-state index is 0. The molecule has 0 aliphatic carbocycles. The first-order valence-corrected chi connectivity index (χ1v) is 8.90. The van der Waals surface area contributed by atoms with E-state index in [4.69, 9.17) is 23.2 Å². The smallest absolute Gasteiger partial charge is 0.191 e. The Kier molecular flexibility index (Phi) is 9.12. The van der Waals surface area contributed by atoms with Gasteiger partial charge >= 0.3 is 0 Å². The highest BCUT2D eigenvalue weighted by atomic mass is 127. The quantitative estimate of drug-likeness (QED) is 0.352. The summed E-state index contributed by atoms with van der Waals surface area (Å²) in [7, 11) is 1.85. The van der Waals surface area contributed by atoms with Gasteiger partial charge in [-0.1, -0.05) is 43.1 Å². The van der Waals surface area contributed by atoms with Gasteiger partial charge < -0.3 is 10.6 Å². The van der Waals surface area contributed by atoms with Gasteiger partial charge in [0.15, 0.2) is 5.96 Å². The van der Waals surface area contributed by atoms with E-state index in [0.717, 1.165) is 17.9 Å². The number of aryl methyl sites for hydroxylation is 1. The van der Waals surface area contributed by atoms with E-state index in [-0.39, 0.29) is 29.4 Å². The van der Waals surface area contributed by atoms with Crippen molar-refractivity contribution in [2.24, 2.45) is 12.0 Å². The molecule has 2 aromatic rings. The lowest BCUT2D eigenvalue weighted by molar-refractivity contribution is 0.509. The highest BCUT2D eigenvalue weighted by Crippen LogP contribution is 2.35. The van der Waals surface area contributed by atoms with Gasteiger partial charge in [-0.2, -0.15) is 5.10 Å². The van der Waals surface area contributed by atoms with Gasteiger partial charge in [-0.3, -0.25) is 4.68 Å². The number of nitrogens with zero attached hydrogens (tertiary/aromatic N) is 4. The van der Waals surface area contributed by atoms with E-state index in [9.17, 15) is 0 Å². The first kappa shape index (κ1) is 23.0. The molecule has 0 saturated heterocycles. The van der Waals surface area contributed by atoms with Crippen LogP contribution in [0.25, 0.3) is 0 Å². The van der Waals surface area contributed by atoms with Gasteiger partial charge in [-0.25, -0.2) is 9.98 Å². The van der Waals surface area contributed by atoms with Crippen molar-refractivity contribution in [2.45, 2.75) is 32.7 Å². The Morgan fingerprint density at radius 1 is 1.23 bits per heavy atom. The number of halogens is 3. The Bertz CT molecular complexity index is 724. The van der Waals surface area contributed by atoms with Gasteiger partial charge in [-0.15, -0.1) is 24.0 Å². The number of guanidine groups is 1. The molecule has 2 N–H and O–H groups in total. The number of rotatable bonds is 6. The molecule has 0 aliphatic heterocycles. The number of benzene rings is 1. The van der Waals surface area contributed by atoms with Crippen molar-refractivity contribution >= 4 is 53.1 Å². The highest BCUT2D eigenvalue weighted by molar-refractivity contribution is 14.0. The third kappa shape index (κ3) is 5.99. The van der Waals surface area contributed by atoms with Crippen LogP contribution >= 0.6 is 47.2 Å². The van der Waals surface area contributed by atoms with E-state index in [1.54, 1.807) is 4.68 Å². The second kappa shape index (κ2) is 10.3. The zero-order valence-electron chi connectivity index (χ0n) is 15.4. The summed E-state index contributed by atoms with van der Waals surface area (Å²) in [6.07, 6.45) is 1.52. The zero-order chi connectivity index (χ0) is 18.4. The number of hydrogen-bond donors (Lipinski definition) is 2. The maximum absolute atomic E-state index is 6.36. The van der Waals surface area contributed by atoms with E-state index < -0.39 is 0 Å². The summed E-state index contributed by atoms with van der Waals surface area (Å²) < 4.78 is 1.71. The van der Waals surface area contributed by atoms with Gasteiger partial charge in [0, 0.05) is 35.6 Å². The second-order valence-electron chi connectivity index (χ2n) is 6.33. The van der Waals surface area contributed by atoms with Crippen LogP contribution in [-0.2, 0) is 19.0 Å². The summed E-state index contributed by atoms with van der Waals surface area (Å²) in [5.74, 6) is 1.51. The summed E-state index contributed by atoms with van der Waals surface area (Å²) in [6, 6.07) is 5.57. The van der Waals surface area contributed by atoms with Crippen molar-refractivity contribution in [1.29, 1.82) is 0 Å². The van der Waals surface area contributed by atoms with E-state index >= 15 is 0 Å². The van der Waals surface area contributed by atoms with Crippen molar-refractivity contribution < 1.29 is 0 Å². The molecule has 1 heterocycles. The molecule has 9 heteroatoms. The van der Waals surface area contributed by atoms with Crippen molar-refractivity contribution in [3.8, 4) is 0 Å². The first-order chi connectivity index (χ1) is 11.8. The van der Waals surface area contributed by atoms with E-state index in [1.165, 1.54) is 6.33 Å². The fourth-order valence-electron chi connectivity index (χ4n) is 2.49. The van der Waals surface area contributed by atoms with Crippen LogP contribution in [-0.4, -0.2) is 33.8 Å². The topological polar surface area (TPSA) is 67.1 Å². The number of aromatic nitrogens is 3. The van der Waals surface area contributed by atoms with Crippen LogP contribution in [0.3, 0.4) is 0 Å². The predicted octanol–water partition coefficient (Wildman–Crippen LogP) is 3.77. The lowest BCUT2D eigenvalue weighted by Crippen LogP contribution is -2.43. The maximum atomic E-state index is 6.36. The molecule has 26 heavy (non-hydrogen) atoms. The van der Waals surface area contributed by atoms with Crippen molar-refractivity contribution in [1.82, 2.24) is 25.4 Å². The number of hydrogen-bond acceptors (Lipinski definition) is 3. The monoisotopic (exact) mass is 510 g/mol. The van der Waals surface area contributed by atoms with Crippen LogP contribution in [0.2, 0.25) is 10.0 Å². The summed E-state index contributed by atoms with van der Waals surface area (Å²) in [5.41, 5.74) is 0.658. The lowest BCUT2D eigenvalue weighted by atomic mass is 9.84. The van der Waals surface area contributed by atoms with Crippen LogP contribution in [0.1, 0.15) is 32.2 Å². The summed E-state index contributed by atoms with van der Waals surface area (Å²) in [6.45, 7) is 8.05. The Morgan fingerprint density at radius 2 is 1.88 bits per heavy atom. The number of nitrogens with one attached hydrogen (secondary N) is 2. The fourth-order valence-corrected chi connectivity index (χ4v) is 3.40. The standard InChI is InChI=1S/C17H24Cl2N6.HI/c1-5-20-16(21-9-14-23-11-24-25(14)4)22-10-17(2,3)15-12(18)7-6-8-13(15)19;/h6-8,11H,5,9-10H2,1-4H3,(H2,20,21,22);1H. The fraction of sp³-hybridized carbons (Fsp3) is 0.471. The number of aliphatic imine (C=N–C) groups is 1. The van der Waals surface area contributed by atoms with Crippen molar-refractivity contribution in [3.05, 3.63) is 46.0 Å². The Morgan fingerprint density at radius 3 is 2.42 bits per heavy atom. The van der Waals surface area contributed by atoms with Crippen LogP contribution in [0.5, 0.6) is 0 Å². The van der Waals surface area contributed by atoms with Gasteiger partial charge in [0.1, 0.15) is 18.7 Å². The molecule has 0 atom stereocenters. The van der Waals surface area contributed by atoms with E-state index in [0.29, 0.717) is 29.1 Å². The van der Waals surface area contributed by atoms with E-state index in [2.05, 4.69) is 39.6 Å². The predicted molar refractivity (Wildman–Crippen MR) is 119 cm³/mol. The summed E-state index contributed by atoms with van der Waals surface area (Å²) in [5, 5.41) is 12.0. The molecule has 0 fully saturated rings. The molecule has 0 saturated carbocycles. The first-order valence-electron chi connectivity index (χ1n) is 8.14. The summed E-state index contributed by atoms with van der Waals surface area (Å²) >= 11 is 12.7. The van der Waals surface area contributed by atoms with Gasteiger partial charge in [-0.05, 0) is 24.6 Å². The van der Waals surface area contributed by atoms with Gasteiger partial charge in [0.2, 0.25) is 0 Å². The van der Waals surface area contributed by atoms with Crippen LogP contribution < -0.4 is 10.6 Å². The third-order valence-electron chi connectivity index (χ3n) is 3.87. The molecule has 0 spiro atoms. The molecule has 0 amide bonds. The van der Waals surface area contributed by atoms with Crippen molar-refractivity contribution in [3.63, 3.8) is 0 Å². The lowest BCUT2D eigenvalue weighted by Gasteiger charge is -2.28. The molecule has 1 aromatic heterocycles. The third-order valence-corrected chi connectivity index (χ3v) is 4.50. The molecule has 144 valence electrons. The van der Waals surface area contributed by atoms with Gasteiger partial charge in [0.05, 0.1) is 0 Å². The molecule has 1 aromatic carbocycles. The van der Waals surface area contributed by atoms with Crippen molar-refractivity contribution in [2.75, 3.05) is 13.1 Å². The molecule has 0 radical (unpaired) electrons. The van der Waals surface area contributed by atoms with Crippen LogP contribution in [0.4, 0.5) is 0 Å². The molecular formula is C17H25Cl2IN6. The largest absolute Gasteiger partial charge is 0.357 e. The molecular weight excluding hydrogens is 486 g/mol. The summed E-state index contributed by atoms with van der Waals surface area (Å²) in [4.78, 5) is 8.75. The second-order valence-corrected chi connectivity index (χ2v) is 7.14.